The first kappa shape index (κ1) is 14.1. The van der Waals surface area contributed by atoms with E-state index in [-0.39, 0.29) is 4.75 Å². The van der Waals surface area contributed by atoms with Gasteiger partial charge in [0.05, 0.1) is 4.75 Å². The average molecular weight is 366 g/mol. The van der Waals surface area contributed by atoms with Gasteiger partial charge in [0.2, 0.25) is 0 Å². The van der Waals surface area contributed by atoms with Gasteiger partial charge in [-0.05, 0) is 68.7 Å². The van der Waals surface area contributed by atoms with Crippen LogP contribution in [-0.2, 0) is 17.4 Å². The van der Waals surface area contributed by atoms with E-state index in [2.05, 4.69) is 38.5 Å². The first-order valence-electron chi connectivity index (χ1n) is 7.61. The fourth-order valence-electron chi connectivity index (χ4n) is 3.76. The normalized spacial score (nSPS) is 31.7. The standard InChI is InChI=1S/C17H20BrNOS/c1-16(2,3)21(20)19-15-13-12-8-11(18)5-4-10(12)9-17(6-7-17)14(13)15/h4-5,8,13-14H,6-7,9H2,1-3H3. The molecule has 21 heavy (non-hydrogen) atoms. The van der Waals surface area contributed by atoms with Crippen LogP contribution in [0.1, 0.15) is 50.7 Å². The lowest BCUT2D eigenvalue weighted by Crippen LogP contribution is -2.20. The fourth-order valence-corrected chi connectivity index (χ4v) is 4.83. The summed E-state index contributed by atoms with van der Waals surface area (Å²) in [6.07, 6.45) is 3.80. The predicted molar refractivity (Wildman–Crippen MR) is 91.1 cm³/mol. The Morgan fingerprint density at radius 3 is 2.67 bits per heavy atom. The van der Waals surface area contributed by atoms with Gasteiger partial charge in [-0.1, -0.05) is 22.0 Å². The summed E-state index contributed by atoms with van der Waals surface area (Å²) in [4.78, 5) is 0. The molecule has 0 amide bonds. The van der Waals surface area contributed by atoms with Gasteiger partial charge in [-0.3, -0.25) is 0 Å². The molecule has 2 nitrogen and oxygen atoms in total. The van der Waals surface area contributed by atoms with Crippen LogP contribution >= 0.6 is 15.9 Å². The van der Waals surface area contributed by atoms with Crippen LogP contribution in [0.5, 0.6) is 0 Å². The molecule has 3 aliphatic rings. The van der Waals surface area contributed by atoms with E-state index in [9.17, 15) is 4.21 Å². The highest BCUT2D eigenvalue weighted by molar-refractivity contribution is 9.10. The zero-order valence-corrected chi connectivity index (χ0v) is 15.1. The van der Waals surface area contributed by atoms with Crippen LogP contribution in [0.15, 0.2) is 27.1 Å². The van der Waals surface area contributed by atoms with Gasteiger partial charge in [0, 0.05) is 22.0 Å². The van der Waals surface area contributed by atoms with Crippen LogP contribution in [-0.4, -0.2) is 14.7 Å². The second-order valence-electron chi connectivity index (χ2n) is 7.72. The zero-order valence-electron chi connectivity index (χ0n) is 12.6. The molecule has 0 N–H and O–H groups in total. The lowest BCUT2D eigenvalue weighted by Gasteiger charge is -2.22. The Labute approximate surface area is 137 Å². The van der Waals surface area contributed by atoms with E-state index in [4.69, 9.17) is 0 Å². The molecule has 0 aromatic heterocycles. The SMILES string of the molecule is CC(C)(C)S(=O)N=C1C2c3cc(Br)ccc3CC3(CC3)C12. The van der Waals surface area contributed by atoms with Crippen molar-refractivity contribution < 1.29 is 4.21 Å². The molecule has 2 fully saturated rings. The molecular formula is C17H20BrNOS. The molecule has 1 spiro atoms. The van der Waals surface area contributed by atoms with Crippen molar-refractivity contribution in [1.29, 1.82) is 0 Å². The maximum atomic E-state index is 12.4. The van der Waals surface area contributed by atoms with Gasteiger partial charge in [-0.25, -0.2) is 4.21 Å². The summed E-state index contributed by atoms with van der Waals surface area (Å²) in [5, 5.41) is 0. The van der Waals surface area contributed by atoms with Crippen molar-refractivity contribution in [2.24, 2.45) is 15.7 Å². The first-order valence-corrected chi connectivity index (χ1v) is 9.51. The molecule has 3 aliphatic carbocycles. The quantitative estimate of drug-likeness (QED) is 0.724. The Balaban J connectivity index is 1.75. The number of fused-ring (bicyclic) bond motifs is 4. The summed E-state index contributed by atoms with van der Waals surface area (Å²) < 4.78 is 17.9. The second-order valence-corrected chi connectivity index (χ2v) is 10.5. The molecule has 4 rings (SSSR count). The van der Waals surface area contributed by atoms with Crippen molar-refractivity contribution in [2.45, 2.75) is 50.7 Å². The molecule has 1 aromatic rings. The van der Waals surface area contributed by atoms with Crippen LogP contribution in [0.2, 0.25) is 0 Å². The molecule has 4 heteroatoms. The van der Waals surface area contributed by atoms with Crippen LogP contribution < -0.4 is 0 Å². The fraction of sp³-hybridized carbons (Fsp3) is 0.588. The minimum Gasteiger partial charge on any atom is -0.234 e. The number of benzene rings is 1. The van der Waals surface area contributed by atoms with Gasteiger partial charge in [0.1, 0.15) is 11.0 Å². The third-order valence-electron chi connectivity index (χ3n) is 5.11. The van der Waals surface area contributed by atoms with Gasteiger partial charge in [0.25, 0.3) is 0 Å². The van der Waals surface area contributed by atoms with E-state index < -0.39 is 11.0 Å². The van der Waals surface area contributed by atoms with E-state index in [0.717, 1.165) is 4.47 Å². The molecule has 0 bridgehead atoms. The van der Waals surface area contributed by atoms with Crippen molar-refractivity contribution >= 4 is 32.6 Å². The van der Waals surface area contributed by atoms with Gasteiger partial charge in [0.15, 0.2) is 0 Å². The molecule has 3 atom stereocenters. The van der Waals surface area contributed by atoms with Crippen molar-refractivity contribution in [1.82, 2.24) is 0 Å². The van der Waals surface area contributed by atoms with Crippen molar-refractivity contribution in [3.05, 3.63) is 33.8 Å². The van der Waals surface area contributed by atoms with Gasteiger partial charge >= 0.3 is 0 Å². The van der Waals surface area contributed by atoms with Crippen molar-refractivity contribution in [3.8, 4) is 0 Å². The number of hydrogen-bond acceptors (Lipinski definition) is 1. The van der Waals surface area contributed by atoms with Crippen molar-refractivity contribution in [2.75, 3.05) is 0 Å². The summed E-state index contributed by atoms with van der Waals surface area (Å²) in [5.74, 6) is 0.991. The Bertz CT molecular complexity index is 685. The lowest BCUT2D eigenvalue weighted by molar-refractivity contribution is 0.423. The maximum Gasteiger partial charge on any atom is 0.144 e. The van der Waals surface area contributed by atoms with Crippen LogP contribution in [0, 0.1) is 11.3 Å². The summed E-state index contributed by atoms with van der Waals surface area (Å²) in [5.41, 5.74) is 4.55. The zero-order chi connectivity index (χ0) is 15.0. The Hall–Kier alpha value is -0.480. The van der Waals surface area contributed by atoms with Gasteiger partial charge in [-0.15, -0.1) is 0 Å². The predicted octanol–water partition coefficient (Wildman–Crippen LogP) is 4.40. The molecule has 0 heterocycles. The number of hydrogen-bond donors (Lipinski definition) is 0. The highest BCUT2D eigenvalue weighted by atomic mass is 79.9. The highest BCUT2D eigenvalue weighted by Gasteiger charge is 2.67. The summed E-state index contributed by atoms with van der Waals surface area (Å²) in [7, 11) is -1.13. The highest BCUT2D eigenvalue weighted by Crippen LogP contribution is 2.70. The summed E-state index contributed by atoms with van der Waals surface area (Å²) in [6, 6.07) is 6.64. The third kappa shape index (κ3) is 2.17. The molecule has 112 valence electrons. The van der Waals surface area contributed by atoms with Crippen molar-refractivity contribution in [3.63, 3.8) is 0 Å². The average Bonchev–Trinajstić information content (AvgIpc) is 3.27. The Kier molecular flexibility index (Phi) is 2.89. The van der Waals surface area contributed by atoms with Crippen LogP contribution in [0.4, 0.5) is 0 Å². The van der Waals surface area contributed by atoms with E-state index in [1.165, 1.54) is 36.1 Å². The first-order chi connectivity index (χ1) is 9.82. The maximum absolute atomic E-state index is 12.4. The topological polar surface area (TPSA) is 29.4 Å². The summed E-state index contributed by atoms with van der Waals surface area (Å²) in [6.45, 7) is 5.99. The molecule has 1 aromatic carbocycles. The smallest absolute Gasteiger partial charge is 0.144 e. The second kappa shape index (κ2) is 4.29. The van der Waals surface area contributed by atoms with E-state index in [0.29, 0.717) is 17.3 Å². The number of halogens is 1. The van der Waals surface area contributed by atoms with E-state index in [1.54, 1.807) is 0 Å². The van der Waals surface area contributed by atoms with E-state index in [1.807, 2.05) is 20.8 Å². The molecule has 3 unspecified atom stereocenters. The molecule has 0 saturated heterocycles. The minimum absolute atomic E-state index is 0.268. The minimum atomic E-state index is -1.13. The Morgan fingerprint density at radius 2 is 2.05 bits per heavy atom. The van der Waals surface area contributed by atoms with E-state index >= 15 is 0 Å². The van der Waals surface area contributed by atoms with Crippen LogP contribution in [0.25, 0.3) is 0 Å². The molecule has 0 radical (unpaired) electrons. The van der Waals surface area contributed by atoms with Gasteiger partial charge in [-0.2, -0.15) is 4.40 Å². The largest absolute Gasteiger partial charge is 0.234 e. The molecule has 0 aliphatic heterocycles. The lowest BCUT2D eigenvalue weighted by atomic mass is 9.81. The Morgan fingerprint density at radius 1 is 1.33 bits per heavy atom. The summed E-state index contributed by atoms with van der Waals surface area (Å²) >= 11 is 3.58. The third-order valence-corrected chi connectivity index (χ3v) is 7.03. The van der Waals surface area contributed by atoms with Crippen LogP contribution in [0.3, 0.4) is 0 Å². The van der Waals surface area contributed by atoms with Gasteiger partial charge < -0.3 is 0 Å². The molecular weight excluding hydrogens is 346 g/mol. The number of nitrogens with zero attached hydrogens (tertiary/aromatic N) is 1. The monoisotopic (exact) mass is 365 g/mol. The molecule has 2 saturated carbocycles. The number of rotatable bonds is 1.